The molecule has 0 radical (unpaired) electrons. The number of aromatic nitrogens is 3. The number of aryl methyl sites for hydroxylation is 1. The van der Waals surface area contributed by atoms with Crippen molar-refractivity contribution in [2.45, 2.75) is 13.8 Å². The Morgan fingerprint density at radius 3 is 2.41 bits per heavy atom. The van der Waals surface area contributed by atoms with Crippen LogP contribution in [0.2, 0.25) is 0 Å². The zero-order valence-electron chi connectivity index (χ0n) is 13.1. The first kappa shape index (κ1) is 14.6. The second-order valence-corrected chi connectivity index (χ2v) is 5.26. The molecule has 2 aromatic rings. The number of ether oxygens (including phenoxy) is 1. The van der Waals surface area contributed by atoms with E-state index in [-0.39, 0.29) is 0 Å². The minimum absolute atomic E-state index is 0.635. The second-order valence-electron chi connectivity index (χ2n) is 5.26. The van der Waals surface area contributed by atoms with Crippen molar-refractivity contribution in [1.82, 2.24) is 15.0 Å². The zero-order valence-corrected chi connectivity index (χ0v) is 13.1. The van der Waals surface area contributed by atoms with Gasteiger partial charge >= 0.3 is 0 Å². The lowest BCUT2D eigenvalue weighted by molar-refractivity contribution is 0.327. The fourth-order valence-electron chi connectivity index (χ4n) is 2.58. The normalized spacial score (nSPS) is 15.0. The molecule has 0 aliphatic carbocycles. The predicted molar refractivity (Wildman–Crippen MR) is 86.6 cm³/mol. The smallest absolute Gasteiger partial charge is 0.215 e. The molecule has 3 rings (SSSR count). The van der Waals surface area contributed by atoms with Gasteiger partial charge in [0.15, 0.2) is 0 Å². The van der Waals surface area contributed by atoms with Crippen LogP contribution in [0, 0.1) is 6.92 Å². The van der Waals surface area contributed by atoms with Gasteiger partial charge in [0.05, 0.1) is 18.5 Å². The molecule has 116 valence electrons. The van der Waals surface area contributed by atoms with E-state index in [1.807, 2.05) is 38.2 Å². The van der Waals surface area contributed by atoms with Gasteiger partial charge in [-0.3, -0.25) is 4.98 Å². The molecular formula is C16H21N5O. The van der Waals surface area contributed by atoms with Crippen LogP contribution in [-0.4, -0.2) is 47.7 Å². The highest BCUT2D eigenvalue weighted by Gasteiger charge is 2.19. The molecule has 1 fully saturated rings. The summed E-state index contributed by atoms with van der Waals surface area (Å²) in [6.07, 6.45) is 3.61. The number of nitrogens with zero attached hydrogens (tertiary/aromatic N) is 5. The van der Waals surface area contributed by atoms with Crippen molar-refractivity contribution >= 4 is 11.6 Å². The van der Waals surface area contributed by atoms with Gasteiger partial charge in [0, 0.05) is 38.4 Å². The monoisotopic (exact) mass is 299 g/mol. The molecule has 3 heterocycles. The van der Waals surface area contributed by atoms with Crippen LogP contribution in [0.25, 0.3) is 0 Å². The minimum atomic E-state index is 0.635. The fraction of sp³-hybridized carbons (Fsp3) is 0.438. The second kappa shape index (κ2) is 6.60. The van der Waals surface area contributed by atoms with Gasteiger partial charge in [-0.1, -0.05) is 6.07 Å². The summed E-state index contributed by atoms with van der Waals surface area (Å²) in [5.41, 5.74) is 0.950. The Bertz CT molecular complexity index is 625. The van der Waals surface area contributed by atoms with Gasteiger partial charge in [-0.2, -0.15) is 4.98 Å². The van der Waals surface area contributed by atoms with Crippen LogP contribution in [0.5, 0.6) is 5.88 Å². The highest BCUT2D eigenvalue weighted by molar-refractivity contribution is 5.45. The van der Waals surface area contributed by atoms with E-state index in [9.17, 15) is 0 Å². The Hall–Kier alpha value is -2.37. The lowest BCUT2D eigenvalue weighted by Crippen LogP contribution is -2.47. The van der Waals surface area contributed by atoms with E-state index in [2.05, 4.69) is 24.8 Å². The van der Waals surface area contributed by atoms with Crippen LogP contribution in [0.3, 0.4) is 0 Å². The standard InChI is InChI=1S/C16H21N5O/c1-3-22-16-6-4-5-14(19-16)20-7-9-21(10-8-20)15-12-17-11-13(2)18-15/h4-6,11-12H,3,7-10H2,1-2H3. The largest absolute Gasteiger partial charge is 0.478 e. The van der Waals surface area contributed by atoms with Crippen LogP contribution < -0.4 is 14.5 Å². The van der Waals surface area contributed by atoms with E-state index >= 15 is 0 Å². The summed E-state index contributed by atoms with van der Waals surface area (Å²) < 4.78 is 5.47. The van der Waals surface area contributed by atoms with Gasteiger partial charge in [0.25, 0.3) is 0 Å². The number of piperazine rings is 1. The lowest BCUT2D eigenvalue weighted by atomic mass is 10.3. The molecule has 1 aliphatic rings. The van der Waals surface area contributed by atoms with E-state index in [0.29, 0.717) is 12.5 Å². The molecule has 22 heavy (non-hydrogen) atoms. The molecule has 0 aromatic carbocycles. The van der Waals surface area contributed by atoms with Crippen molar-refractivity contribution in [2.24, 2.45) is 0 Å². The maximum Gasteiger partial charge on any atom is 0.215 e. The van der Waals surface area contributed by atoms with E-state index in [4.69, 9.17) is 4.74 Å². The van der Waals surface area contributed by atoms with Gasteiger partial charge in [-0.15, -0.1) is 0 Å². The summed E-state index contributed by atoms with van der Waals surface area (Å²) in [7, 11) is 0. The first-order valence-electron chi connectivity index (χ1n) is 7.64. The van der Waals surface area contributed by atoms with E-state index in [0.717, 1.165) is 43.5 Å². The third-order valence-corrected chi connectivity index (χ3v) is 3.67. The molecule has 0 saturated carbocycles. The molecule has 0 N–H and O–H groups in total. The van der Waals surface area contributed by atoms with Gasteiger partial charge in [0.1, 0.15) is 11.6 Å². The third-order valence-electron chi connectivity index (χ3n) is 3.67. The minimum Gasteiger partial charge on any atom is -0.478 e. The molecular weight excluding hydrogens is 278 g/mol. The number of hydrogen-bond donors (Lipinski definition) is 0. The highest BCUT2D eigenvalue weighted by atomic mass is 16.5. The molecule has 0 spiro atoms. The molecule has 6 nitrogen and oxygen atoms in total. The van der Waals surface area contributed by atoms with Crippen LogP contribution in [-0.2, 0) is 0 Å². The summed E-state index contributed by atoms with van der Waals surface area (Å²) >= 11 is 0. The molecule has 1 aliphatic heterocycles. The molecule has 0 amide bonds. The maximum absolute atomic E-state index is 5.47. The van der Waals surface area contributed by atoms with Crippen molar-refractivity contribution in [2.75, 3.05) is 42.6 Å². The summed E-state index contributed by atoms with van der Waals surface area (Å²) in [5.74, 6) is 2.61. The Kier molecular flexibility index (Phi) is 4.37. The molecule has 6 heteroatoms. The Labute approximate surface area is 130 Å². The quantitative estimate of drug-likeness (QED) is 0.859. The number of hydrogen-bond acceptors (Lipinski definition) is 6. The molecule has 1 saturated heterocycles. The van der Waals surface area contributed by atoms with Crippen molar-refractivity contribution in [3.05, 3.63) is 36.3 Å². The predicted octanol–water partition coefficient (Wildman–Crippen LogP) is 1.91. The summed E-state index contributed by atoms with van der Waals surface area (Å²) in [6.45, 7) is 8.23. The SMILES string of the molecule is CCOc1cccc(N2CCN(c3cncc(C)n3)CC2)n1. The molecule has 0 bridgehead atoms. The van der Waals surface area contributed by atoms with Gasteiger partial charge < -0.3 is 14.5 Å². The van der Waals surface area contributed by atoms with E-state index in [1.54, 1.807) is 6.20 Å². The fourth-order valence-corrected chi connectivity index (χ4v) is 2.58. The molecule has 0 unspecified atom stereocenters. The molecule has 2 aromatic heterocycles. The first-order valence-corrected chi connectivity index (χ1v) is 7.64. The first-order chi connectivity index (χ1) is 10.8. The zero-order chi connectivity index (χ0) is 15.4. The van der Waals surface area contributed by atoms with Crippen molar-refractivity contribution < 1.29 is 4.74 Å². The van der Waals surface area contributed by atoms with Gasteiger partial charge in [-0.05, 0) is 19.9 Å². The van der Waals surface area contributed by atoms with Crippen molar-refractivity contribution in [3.63, 3.8) is 0 Å². The van der Waals surface area contributed by atoms with Gasteiger partial charge in [-0.25, -0.2) is 4.98 Å². The summed E-state index contributed by atoms with van der Waals surface area (Å²) in [6, 6.07) is 5.92. The highest BCUT2D eigenvalue weighted by Crippen LogP contribution is 2.19. The van der Waals surface area contributed by atoms with Crippen molar-refractivity contribution in [3.8, 4) is 5.88 Å². The topological polar surface area (TPSA) is 54.4 Å². The Morgan fingerprint density at radius 2 is 1.73 bits per heavy atom. The van der Waals surface area contributed by atoms with E-state index in [1.165, 1.54) is 0 Å². The van der Waals surface area contributed by atoms with Gasteiger partial charge in [0.2, 0.25) is 5.88 Å². The Balaban J connectivity index is 1.65. The number of anilines is 2. The summed E-state index contributed by atoms with van der Waals surface area (Å²) in [4.78, 5) is 17.9. The van der Waals surface area contributed by atoms with E-state index < -0.39 is 0 Å². The van der Waals surface area contributed by atoms with Crippen LogP contribution in [0.4, 0.5) is 11.6 Å². The van der Waals surface area contributed by atoms with Crippen LogP contribution in [0.1, 0.15) is 12.6 Å². The lowest BCUT2D eigenvalue weighted by Gasteiger charge is -2.36. The maximum atomic E-state index is 5.47. The summed E-state index contributed by atoms with van der Waals surface area (Å²) in [5, 5.41) is 0. The average molecular weight is 299 g/mol. The average Bonchev–Trinajstić information content (AvgIpc) is 2.56. The molecule has 0 atom stereocenters. The van der Waals surface area contributed by atoms with Crippen LogP contribution >= 0.6 is 0 Å². The van der Waals surface area contributed by atoms with Crippen molar-refractivity contribution in [1.29, 1.82) is 0 Å². The van der Waals surface area contributed by atoms with Crippen LogP contribution in [0.15, 0.2) is 30.6 Å². The number of pyridine rings is 1. The Morgan fingerprint density at radius 1 is 1.00 bits per heavy atom. The third kappa shape index (κ3) is 3.27. The number of rotatable bonds is 4.